The van der Waals surface area contributed by atoms with E-state index in [1.54, 1.807) is 36.9 Å². The maximum atomic E-state index is 13.2. The average Bonchev–Trinajstić information content (AvgIpc) is 3.32. The van der Waals surface area contributed by atoms with Crippen molar-refractivity contribution in [2.75, 3.05) is 43.0 Å². The van der Waals surface area contributed by atoms with Crippen LogP contribution < -0.4 is 13.8 Å². The maximum Gasteiger partial charge on any atom is 0.254 e. The first kappa shape index (κ1) is 22.7. The summed E-state index contributed by atoms with van der Waals surface area (Å²) in [5.74, 6) is 0.617. The Hall–Kier alpha value is -3.11. The van der Waals surface area contributed by atoms with Crippen LogP contribution in [0.2, 0.25) is 0 Å². The van der Waals surface area contributed by atoms with Crippen LogP contribution in [0.15, 0.2) is 42.5 Å². The lowest BCUT2D eigenvalue weighted by Gasteiger charge is -2.35. The van der Waals surface area contributed by atoms with E-state index in [2.05, 4.69) is 4.90 Å². The fourth-order valence-corrected chi connectivity index (χ4v) is 6.71. The molecule has 2 aromatic carbocycles. The van der Waals surface area contributed by atoms with Gasteiger partial charge >= 0.3 is 0 Å². The summed E-state index contributed by atoms with van der Waals surface area (Å²) >= 11 is 0. The molecule has 2 fully saturated rings. The molecule has 0 atom stereocenters. The van der Waals surface area contributed by atoms with Gasteiger partial charge < -0.3 is 14.4 Å². The number of piperazine rings is 1. The van der Waals surface area contributed by atoms with Crippen LogP contribution in [0.25, 0.3) is 0 Å². The standard InChI is InChI=1S/C24H27N3O6S/c1-24(2)15-34(30,31)27(23(24)29)19-5-3-4-18(13-19)22(28)26-10-8-25(9-11-26)14-17-6-7-20-21(12-17)33-16-32-20/h3-7,12-13H,8-11,14-16H2,1-2H3. The SMILES string of the molecule is CC1(C)CS(=O)(=O)N(c2cccc(C(=O)N3CCN(Cc4ccc5c(c4)OCO5)CC3)c2)C1=O. The Kier molecular flexibility index (Phi) is 5.52. The Morgan fingerprint density at radius 3 is 2.44 bits per heavy atom. The van der Waals surface area contributed by atoms with Crippen molar-refractivity contribution in [3.63, 3.8) is 0 Å². The molecule has 0 spiro atoms. The van der Waals surface area contributed by atoms with Gasteiger partial charge in [-0.1, -0.05) is 12.1 Å². The molecule has 3 aliphatic rings. The molecule has 2 amide bonds. The molecule has 0 aromatic heterocycles. The first-order chi connectivity index (χ1) is 16.1. The molecular weight excluding hydrogens is 458 g/mol. The van der Waals surface area contributed by atoms with E-state index in [9.17, 15) is 18.0 Å². The molecule has 10 heteroatoms. The summed E-state index contributed by atoms with van der Waals surface area (Å²) in [6.07, 6.45) is 0. The van der Waals surface area contributed by atoms with Crippen molar-refractivity contribution in [1.29, 1.82) is 0 Å². The highest BCUT2D eigenvalue weighted by molar-refractivity contribution is 7.94. The van der Waals surface area contributed by atoms with Crippen LogP contribution in [0, 0.1) is 5.41 Å². The van der Waals surface area contributed by atoms with Crippen LogP contribution in [-0.4, -0.2) is 68.8 Å². The van der Waals surface area contributed by atoms with Gasteiger partial charge in [-0.3, -0.25) is 14.5 Å². The zero-order valence-electron chi connectivity index (χ0n) is 19.2. The average molecular weight is 486 g/mol. The number of carbonyl (C=O) groups excluding carboxylic acids is 2. The van der Waals surface area contributed by atoms with Crippen LogP contribution in [0.1, 0.15) is 29.8 Å². The van der Waals surface area contributed by atoms with Crippen LogP contribution in [0.5, 0.6) is 11.5 Å². The van der Waals surface area contributed by atoms with Crippen molar-refractivity contribution in [1.82, 2.24) is 9.80 Å². The van der Waals surface area contributed by atoms with E-state index in [0.29, 0.717) is 31.7 Å². The van der Waals surface area contributed by atoms with Crippen molar-refractivity contribution < 1.29 is 27.5 Å². The summed E-state index contributed by atoms with van der Waals surface area (Å²) < 4.78 is 36.9. The molecule has 3 heterocycles. The molecule has 0 aliphatic carbocycles. The van der Waals surface area contributed by atoms with E-state index in [4.69, 9.17) is 9.47 Å². The van der Waals surface area contributed by atoms with Gasteiger partial charge in [-0.05, 0) is 49.7 Å². The largest absolute Gasteiger partial charge is 0.454 e. The normalized spacial score (nSPS) is 21.2. The van der Waals surface area contributed by atoms with Crippen molar-refractivity contribution in [2.24, 2.45) is 5.41 Å². The highest BCUT2D eigenvalue weighted by Gasteiger charge is 2.50. The van der Waals surface area contributed by atoms with Gasteiger partial charge in [-0.2, -0.15) is 0 Å². The second-order valence-corrected chi connectivity index (χ2v) is 11.3. The van der Waals surface area contributed by atoms with Gasteiger partial charge in [-0.25, -0.2) is 12.7 Å². The van der Waals surface area contributed by atoms with Crippen LogP contribution in [0.4, 0.5) is 5.69 Å². The molecule has 34 heavy (non-hydrogen) atoms. The minimum atomic E-state index is -3.77. The summed E-state index contributed by atoms with van der Waals surface area (Å²) in [6.45, 7) is 6.77. The number of benzene rings is 2. The zero-order chi connectivity index (χ0) is 24.1. The van der Waals surface area contributed by atoms with Crippen LogP contribution in [-0.2, 0) is 21.4 Å². The molecule has 5 rings (SSSR count). The Labute approximate surface area is 198 Å². The quantitative estimate of drug-likeness (QED) is 0.654. The zero-order valence-corrected chi connectivity index (χ0v) is 20.0. The van der Waals surface area contributed by atoms with Gasteiger partial charge in [0.05, 0.1) is 16.9 Å². The summed E-state index contributed by atoms with van der Waals surface area (Å²) in [7, 11) is -3.77. The van der Waals surface area contributed by atoms with E-state index in [0.717, 1.165) is 27.9 Å². The third-order valence-corrected chi connectivity index (χ3v) is 8.43. The Bertz CT molecular complexity index is 1250. The molecule has 2 aromatic rings. The molecule has 9 nitrogen and oxygen atoms in total. The van der Waals surface area contributed by atoms with Gasteiger partial charge in [0.25, 0.3) is 5.91 Å². The maximum absolute atomic E-state index is 13.2. The number of carbonyl (C=O) groups is 2. The van der Waals surface area contributed by atoms with Gasteiger partial charge in [-0.15, -0.1) is 0 Å². The van der Waals surface area contributed by atoms with Crippen LogP contribution in [0.3, 0.4) is 0 Å². The first-order valence-corrected chi connectivity index (χ1v) is 12.8. The molecule has 2 saturated heterocycles. The fraction of sp³-hybridized carbons (Fsp3) is 0.417. The van der Waals surface area contributed by atoms with E-state index in [1.165, 1.54) is 6.07 Å². The van der Waals surface area contributed by atoms with Crippen molar-refractivity contribution in [3.8, 4) is 11.5 Å². The molecule has 0 N–H and O–H groups in total. The number of nitrogens with zero attached hydrogens (tertiary/aromatic N) is 3. The minimum absolute atomic E-state index is 0.173. The fourth-order valence-electron chi connectivity index (χ4n) is 4.62. The Morgan fingerprint density at radius 2 is 1.74 bits per heavy atom. The first-order valence-electron chi connectivity index (χ1n) is 11.2. The van der Waals surface area contributed by atoms with Gasteiger partial charge in [0.1, 0.15) is 0 Å². The Morgan fingerprint density at radius 1 is 1.00 bits per heavy atom. The highest BCUT2D eigenvalue weighted by atomic mass is 32.2. The molecule has 0 unspecified atom stereocenters. The van der Waals surface area contributed by atoms with Gasteiger partial charge in [0.15, 0.2) is 11.5 Å². The molecular formula is C24H27N3O6S. The molecule has 3 aliphatic heterocycles. The van der Waals surface area contributed by atoms with Crippen molar-refractivity contribution in [2.45, 2.75) is 20.4 Å². The number of hydrogen-bond acceptors (Lipinski definition) is 7. The van der Waals surface area contributed by atoms with Crippen molar-refractivity contribution >= 4 is 27.5 Å². The number of anilines is 1. The molecule has 180 valence electrons. The lowest BCUT2D eigenvalue weighted by molar-refractivity contribution is -0.123. The van der Waals surface area contributed by atoms with Gasteiger partial charge in [0.2, 0.25) is 22.7 Å². The highest BCUT2D eigenvalue weighted by Crippen LogP contribution is 2.36. The summed E-state index contributed by atoms with van der Waals surface area (Å²) in [5, 5.41) is 0. The predicted octanol–water partition coefficient (Wildman–Crippen LogP) is 2.08. The Balaban J connectivity index is 1.24. The lowest BCUT2D eigenvalue weighted by atomic mass is 9.95. The van der Waals surface area contributed by atoms with E-state index >= 15 is 0 Å². The van der Waals surface area contributed by atoms with E-state index in [1.807, 2.05) is 18.2 Å². The van der Waals surface area contributed by atoms with E-state index in [-0.39, 0.29) is 24.1 Å². The number of ether oxygens (including phenoxy) is 2. The second kappa shape index (κ2) is 8.28. The number of fused-ring (bicyclic) bond motifs is 1. The molecule has 0 bridgehead atoms. The summed E-state index contributed by atoms with van der Waals surface area (Å²) in [5.41, 5.74) is 0.709. The smallest absolute Gasteiger partial charge is 0.254 e. The lowest BCUT2D eigenvalue weighted by Crippen LogP contribution is -2.48. The summed E-state index contributed by atoms with van der Waals surface area (Å²) in [4.78, 5) is 29.9. The molecule has 0 radical (unpaired) electrons. The number of amides is 2. The van der Waals surface area contributed by atoms with Gasteiger partial charge in [0, 0.05) is 38.3 Å². The molecule has 0 saturated carbocycles. The number of sulfonamides is 1. The predicted molar refractivity (Wildman–Crippen MR) is 125 cm³/mol. The van der Waals surface area contributed by atoms with Crippen LogP contribution >= 0.6 is 0 Å². The topological polar surface area (TPSA) is 96.5 Å². The monoisotopic (exact) mass is 485 g/mol. The third kappa shape index (κ3) is 4.12. The third-order valence-electron chi connectivity index (χ3n) is 6.42. The number of hydrogen-bond donors (Lipinski definition) is 0. The van der Waals surface area contributed by atoms with Crippen molar-refractivity contribution in [3.05, 3.63) is 53.6 Å². The number of rotatable bonds is 4. The minimum Gasteiger partial charge on any atom is -0.454 e. The van der Waals surface area contributed by atoms with E-state index < -0.39 is 21.3 Å². The summed E-state index contributed by atoms with van der Waals surface area (Å²) in [6, 6.07) is 12.2. The second-order valence-electron chi connectivity index (χ2n) is 9.52.